The topological polar surface area (TPSA) is 79.8 Å². The Morgan fingerprint density at radius 3 is 2.80 bits per heavy atom. The van der Waals surface area contributed by atoms with Crippen molar-refractivity contribution in [3.63, 3.8) is 0 Å². The van der Waals surface area contributed by atoms with Crippen molar-refractivity contribution < 1.29 is 4.79 Å². The maximum atomic E-state index is 11.3. The second-order valence-corrected chi connectivity index (χ2v) is 5.31. The van der Waals surface area contributed by atoms with Crippen LogP contribution in [-0.2, 0) is 0 Å². The summed E-state index contributed by atoms with van der Waals surface area (Å²) < 4.78 is 0.879. The quantitative estimate of drug-likeness (QED) is 0.783. The maximum absolute atomic E-state index is 11.3. The average molecular weight is 279 g/mol. The highest BCUT2D eigenvalue weighted by atomic mass is 32.1. The molecule has 1 aromatic carbocycles. The van der Waals surface area contributed by atoms with E-state index in [4.69, 9.17) is 5.73 Å². The Bertz CT molecular complexity index is 861. The second kappa shape index (κ2) is 4.76. The number of carbonyl (C=O) groups is 1. The number of rotatable bonds is 2. The number of carbonyl (C=O) groups excluding carboxylic acids is 1. The zero-order valence-corrected chi connectivity index (χ0v) is 11.1. The van der Waals surface area contributed by atoms with Crippen molar-refractivity contribution in [1.82, 2.24) is 4.98 Å². The van der Waals surface area contributed by atoms with Gasteiger partial charge in [0, 0.05) is 28.9 Å². The monoisotopic (exact) mass is 279 g/mol. The van der Waals surface area contributed by atoms with Crippen molar-refractivity contribution in [3.8, 4) is 17.2 Å². The van der Waals surface area contributed by atoms with E-state index in [1.807, 2.05) is 18.2 Å². The number of pyridine rings is 1. The first-order chi connectivity index (χ1) is 9.70. The Morgan fingerprint density at radius 1 is 1.25 bits per heavy atom. The summed E-state index contributed by atoms with van der Waals surface area (Å²) in [7, 11) is 0. The molecule has 0 saturated carbocycles. The summed E-state index contributed by atoms with van der Waals surface area (Å²) in [5.41, 5.74) is 7.54. The summed E-state index contributed by atoms with van der Waals surface area (Å²) in [6.07, 6.45) is 3.40. The molecule has 0 aliphatic rings. The first-order valence-corrected chi connectivity index (χ1v) is 6.69. The van der Waals surface area contributed by atoms with Crippen molar-refractivity contribution in [1.29, 1.82) is 5.26 Å². The van der Waals surface area contributed by atoms with E-state index in [1.165, 1.54) is 11.3 Å². The number of benzene rings is 1. The minimum atomic E-state index is -0.453. The van der Waals surface area contributed by atoms with Crippen molar-refractivity contribution in [3.05, 3.63) is 53.2 Å². The van der Waals surface area contributed by atoms with Crippen LogP contribution in [0, 0.1) is 11.3 Å². The molecule has 0 saturated heterocycles. The summed E-state index contributed by atoms with van der Waals surface area (Å²) in [4.78, 5) is 16.0. The van der Waals surface area contributed by atoms with Crippen LogP contribution in [0.25, 0.3) is 21.2 Å². The van der Waals surface area contributed by atoms with Gasteiger partial charge in [-0.25, -0.2) is 0 Å². The number of hydrogen-bond donors (Lipinski definition) is 1. The van der Waals surface area contributed by atoms with Crippen molar-refractivity contribution in [2.45, 2.75) is 0 Å². The molecule has 0 atom stereocenters. The third kappa shape index (κ3) is 1.92. The fraction of sp³-hybridized carbons (Fsp3) is 0. The molecule has 4 nitrogen and oxygen atoms in total. The lowest BCUT2D eigenvalue weighted by Crippen LogP contribution is -2.08. The number of fused-ring (bicyclic) bond motifs is 1. The average Bonchev–Trinajstić information content (AvgIpc) is 2.91. The molecule has 5 heteroatoms. The fourth-order valence-corrected chi connectivity index (χ4v) is 3.02. The molecule has 2 heterocycles. The van der Waals surface area contributed by atoms with Crippen molar-refractivity contribution in [2.75, 3.05) is 0 Å². The molecule has 0 spiro atoms. The number of primary amides is 1. The van der Waals surface area contributed by atoms with Crippen LogP contribution in [0.3, 0.4) is 0 Å². The summed E-state index contributed by atoms with van der Waals surface area (Å²) in [6, 6.07) is 11.2. The molecule has 0 aliphatic carbocycles. The normalized spacial score (nSPS) is 10.3. The smallest absolute Gasteiger partial charge is 0.258 e. The van der Waals surface area contributed by atoms with E-state index in [0.29, 0.717) is 10.4 Å². The van der Waals surface area contributed by atoms with Crippen LogP contribution in [0.4, 0.5) is 0 Å². The number of thiophene rings is 1. The minimum absolute atomic E-state index is 0.453. The van der Waals surface area contributed by atoms with Gasteiger partial charge in [0.2, 0.25) is 0 Å². The van der Waals surface area contributed by atoms with Crippen LogP contribution in [0.5, 0.6) is 0 Å². The molecule has 0 fully saturated rings. The van der Waals surface area contributed by atoms with Gasteiger partial charge in [-0.1, -0.05) is 18.2 Å². The number of aromatic nitrogens is 1. The van der Waals surface area contributed by atoms with Crippen LogP contribution in [-0.4, -0.2) is 10.9 Å². The molecular formula is C15H9N3OS. The first-order valence-electron chi connectivity index (χ1n) is 5.87. The predicted octanol–water partition coefficient (Wildman–Crippen LogP) is 2.93. The molecule has 3 aromatic rings. The Kier molecular flexibility index (Phi) is 2.93. The van der Waals surface area contributed by atoms with E-state index in [-0.39, 0.29) is 0 Å². The van der Waals surface area contributed by atoms with Gasteiger partial charge in [0.05, 0.1) is 21.2 Å². The second-order valence-electron chi connectivity index (χ2n) is 4.23. The van der Waals surface area contributed by atoms with Gasteiger partial charge in [-0.05, 0) is 12.1 Å². The van der Waals surface area contributed by atoms with Crippen LogP contribution in [0.15, 0.2) is 42.7 Å². The van der Waals surface area contributed by atoms with Gasteiger partial charge < -0.3 is 5.73 Å². The van der Waals surface area contributed by atoms with Gasteiger partial charge >= 0.3 is 0 Å². The van der Waals surface area contributed by atoms with E-state index < -0.39 is 5.91 Å². The Morgan fingerprint density at radius 2 is 2.05 bits per heavy atom. The van der Waals surface area contributed by atoms with Gasteiger partial charge in [0.15, 0.2) is 0 Å². The molecule has 0 unspecified atom stereocenters. The number of hydrogen-bond acceptors (Lipinski definition) is 4. The van der Waals surface area contributed by atoms with E-state index >= 15 is 0 Å². The fourth-order valence-electron chi connectivity index (χ4n) is 2.11. The highest BCUT2D eigenvalue weighted by Crippen LogP contribution is 2.34. The molecular weight excluding hydrogens is 270 g/mol. The summed E-state index contributed by atoms with van der Waals surface area (Å²) >= 11 is 1.31. The number of amides is 1. The Hall–Kier alpha value is -2.71. The lowest BCUT2D eigenvalue weighted by Gasteiger charge is -2.04. The molecule has 3 rings (SSSR count). The van der Waals surface area contributed by atoms with E-state index in [9.17, 15) is 10.1 Å². The van der Waals surface area contributed by atoms with Gasteiger partial charge in [-0.15, -0.1) is 11.3 Å². The zero-order valence-electron chi connectivity index (χ0n) is 10.3. The van der Waals surface area contributed by atoms with Crippen LogP contribution in [0.1, 0.15) is 15.2 Å². The summed E-state index contributed by atoms with van der Waals surface area (Å²) in [6.45, 7) is 0. The predicted molar refractivity (Wildman–Crippen MR) is 78.3 cm³/mol. The molecule has 0 aliphatic heterocycles. The maximum Gasteiger partial charge on any atom is 0.258 e. The minimum Gasteiger partial charge on any atom is -0.365 e. The Balaban J connectivity index is 2.32. The van der Waals surface area contributed by atoms with Crippen LogP contribution >= 0.6 is 11.3 Å². The van der Waals surface area contributed by atoms with Gasteiger partial charge in [0.1, 0.15) is 0 Å². The lowest BCUT2D eigenvalue weighted by molar-refractivity contribution is 0.100. The van der Waals surface area contributed by atoms with Crippen molar-refractivity contribution in [2.24, 2.45) is 5.73 Å². The third-order valence-electron chi connectivity index (χ3n) is 3.03. The van der Waals surface area contributed by atoms with Crippen LogP contribution < -0.4 is 5.73 Å². The van der Waals surface area contributed by atoms with E-state index in [0.717, 1.165) is 21.2 Å². The molecule has 1 amide bonds. The number of nitriles is 1. The molecule has 2 aromatic heterocycles. The number of nitrogens with two attached hydrogens (primary N) is 1. The molecule has 96 valence electrons. The van der Waals surface area contributed by atoms with Crippen LogP contribution in [0.2, 0.25) is 0 Å². The number of nitrogens with zero attached hydrogens (tertiary/aromatic N) is 2. The molecule has 20 heavy (non-hydrogen) atoms. The summed E-state index contributed by atoms with van der Waals surface area (Å²) in [5.74, 6) is -0.453. The highest BCUT2D eigenvalue weighted by Gasteiger charge is 2.13. The van der Waals surface area contributed by atoms with E-state index in [2.05, 4.69) is 11.1 Å². The Labute approximate surface area is 119 Å². The zero-order chi connectivity index (χ0) is 14.1. The van der Waals surface area contributed by atoms with Crippen molar-refractivity contribution >= 4 is 27.3 Å². The van der Waals surface area contributed by atoms with Gasteiger partial charge in [-0.2, -0.15) is 5.26 Å². The summed E-state index contributed by atoms with van der Waals surface area (Å²) in [5, 5.41) is 10.1. The lowest BCUT2D eigenvalue weighted by atomic mass is 9.99. The van der Waals surface area contributed by atoms with Gasteiger partial charge in [0.25, 0.3) is 5.91 Å². The third-order valence-corrected chi connectivity index (χ3v) is 4.11. The van der Waals surface area contributed by atoms with E-state index in [1.54, 1.807) is 24.5 Å². The standard InChI is InChI=1S/C15H9N3OS/c16-6-9-3-1-2-4-10(9)12-7-18-8-14-11(12)5-13(20-14)15(17)19/h1-5,7-8H,(H2,17,19). The SMILES string of the molecule is N#Cc1ccccc1-c1cncc2sc(C(N)=O)cc12. The first kappa shape index (κ1) is 12.3. The largest absolute Gasteiger partial charge is 0.365 e. The highest BCUT2D eigenvalue weighted by molar-refractivity contribution is 7.20. The van der Waals surface area contributed by atoms with Gasteiger partial charge in [-0.3, -0.25) is 9.78 Å². The molecule has 0 bridgehead atoms. The molecule has 2 N–H and O–H groups in total. The molecule has 0 radical (unpaired) electrons.